The molecule has 3 fully saturated rings. The predicted molar refractivity (Wildman–Crippen MR) is 316 cm³/mol. The first-order valence-electron chi connectivity index (χ1n) is 26.9. The molecular weight excluding hydrogens is 1060 g/mol. The fourth-order valence-corrected chi connectivity index (χ4v) is 11.2. The van der Waals surface area contributed by atoms with Crippen molar-refractivity contribution in [1.82, 2.24) is 56.1 Å². The Hall–Kier alpha value is -8.00. The number of benzene rings is 6. The van der Waals surface area contributed by atoms with Crippen molar-refractivity contribution < 1.29 is 10.0 Å². The van der Waals surface area contributed by atoms with E-state index in [1.807, 2.05) is 77.5 Å². The quantitative estimate of drug-likeness (QED) is 0.135. The van der Waals surface area contributed by atoms with E-state index in [-0.39, 0.29) is 22.9 Å². The van der Waals surface area contributed by atoms with Crippen LogP contribution >= 0.6 is 15.9 Å². The maximum absolute atomic E-state index is 12.1. The van der Waals surface area contributed by atoms with E-state index in [9.17, 15) is 14.4 Å². The van der Waals surface area contributed by atoms with E-state index in [4.69, 9.17) is 10.0 Å². The van der Waals surface area contributed by atoms with Crippen LogP contribution in [-0.2, 0) is 61.9 Å². The summed E-state index contributed by atoms with van der Waals surface area (Å²) < 4.78 is 17.6. The Morgan fingerprint density at radius 1 is 0.418 bits per heavy atom. The van der Waals surface area contributed by atoms with E-state index in [0.717, 1.165) is 115 Å². The average molecular weight is 1120 g/mol. The van der Waals surface area contributed by atoms with Crippen LogP contribution in [0.1, 0.15) is 78.2 Å². The standard InChI is InChI=1S/2C20H20N4O.C17H15BrN4O.C3H7BO2/c1-22-17-8-3-13(9-19(17)23(2)20(22)25)11-24-12-21-16-7-6-15(10-18(16)24)14-4-5-14;1-22-18-7-3-13(9-19(18)23(2)20(22)25)11-24-12-21-16-10-15(14-4-5-14)6-8-17(16)24;1-20-15-5-3-11(7-16(15)21(2)17(20)23)9-22-10-19-13-8-12(18)4-6-14(13)22;5-4(6)3-1-2-3/h2*3,6-10,12,14H,4-5,11H2,1-2H3;3-8,10H,9H2,1-2H3;3,5-6H,1-2H2. The zero-order chi connectivity index (χ0) is 55.0. The number of hydrogen-bond acceptors (Lipinski definition) is 8. The zero-order valence-electron chi connectivity index (χ0n) is 45.2. The molecule has 6 aromatic carbocycles. The Kier molecular flexibility index (Phi) is 13.5. The molecule has 0 amide bonds. The average Bonchev–Trinajstić information content (AvgIpc) is 4.49. The normalized spacial score (nSPS) is 14.2. The summed E-state index contributed by atoms with van der Waals surface area (Å²) in [6.45, 7) is 2.22. The van der Waals surface area contributed by atoms with E-state index < -0.39 is 7.12 Å². The maximum Gasteiger partial charge on any atom is 0.454 e. The number of rotatable bonds is 9. The van der Waals surface area contributed by atoms with Gasteiger partial charge in [-0.2, -0.15) is 0 Å². The molecular formula is C60H62BBrN12O5. The van der Waals surface area contributed by atoms with Gasteiger partial charge in [0.2, 0.25) is 0 Å². The molecule has 0 bridgehead atoms. The predicted octanol–water partition coefficient (Wildman–Crippen LogP) is 8.97. The van der Waals surface area contributed by atoms with E-state index in [0.29, 0.717) is 0 Å². The summed E-state index contributed by atoms with van der Waals surface area (Å²) in [5.74, 6) is 1.70. The molecule has 0 unspecified atom stereocenters. The van der Waals surface area contributed by atoms with Crippen molar-refractivity contribution in [3.63, 3.8) is 0 Å². The summed E-state index contributed by atoms with van der Waals surface area (Å²) >= 11 is 3.47. The molecule has 6 heterocycles. The third kappa shape index (κ3) is 10.2. The number of halogens is 1. The van der Waals surface area contributed by atoms with Gasteiger partial charge in [-0.25, -0.2) is 29.3 Å². The maximum atomic E-state index is 12.1. The number of hydrogen-bond donors (Lipinski definition) is 2. The van der Waals surface area contributed by atoms with Crippen LogP contribution in [0, 0.1) is 0 Å². The van der Waals surface area contributed by atoms with Crippen molar-refractivity contribution in [3.05, 3.63) is 192 Å². The third-order valence-corrected chi connectivity index (χ3v) is 16.6. The lowest BCUT2D eigenvalue weighted by atomic mass is 9.84. The van der Waals surface area contributed by atoms with Crippen LogP contribution in [0.15, 0.2) is 147 Å². The Labute approximate surface area is 463 Å². The lowest BCUT2D eigenvalue weighted by Gasteiger charge is -2.07. The first kappa shape index (κ1) is 51.7. The van der Waals surface area contributed by atoms with Gasteiger partial charge in [-0.3, -0.25) is 27.4 Å². The van der Waals surface area contributed by atoms with Gasteiger partial charge in [0.05, 0.1) is 85.2 Å². The van der Waals surface area contributed by atoms with E-state index in [1.165, 1.54) is 53.5 Å². The van der Waals surface area contributed by atoms with E-state index in [1.54, 1.807) is 41.5 Å². The topological polar surface area (TPSA) is 175 Å². The Balaban J connectivity index is 0.000000112. The summed E-state index contributed by atoms with van der Waals surface area (Å²) in [6, 6.07) is 37.9. The molecule has 2 N–H and O–H groups in total. The summed E-state index contributed by atoms with van der Waals surface area (Å²) in [5, 5.41) is 16.5. The third-order valence-electron chi connectivity index (χ3n) is 16.1. The second kappa shape index (κ2) is 20.7. The molecule has 0 saturated heterocycles. The summed E-state index contributed by atoms with van der Waals surface area (Å²) in [6.07, 6.45) is 12.9. The fourth-order valence-electron chi connectivity index (χ4n) is 10.8. The van der Waals surface area contributed by atoms with E-state index >= 15 is 0 Å². The van der Waals surface area contributed by atoms with Crippen LogP contribution in [0.5, 0.6) is 0 Å². The molecule has 79 heavy (non-hydrogen) atoms. The highest BCUT2D eigenvalue weighted by Gasteiger charge is 2.33. The van der Waals surface area contributed by atoms with Crippen LogP contribution in [0.25, 0.3) is 66.2 Å². The molecule has 3 aliphatic rings. The first-order chi connectivity index (χ1) is 38.1. The number of fused-ring (bicyclic) bond motifs is 6. The SMILES string of the molecule is Cn1c(=O)n(C)c2cc(Cn3cnc4cc(Br)ccc43)ccc21.Cn1c(=O)n(C)c2cc(Cn3cnc4cc(C5CC5)ccc43)ccc21.Cn1c(=O)n(C)c2cc(Cn3cnc4ccc(C5CC5)cc43)ccc21.OB(O)C1CC1. The van der Waals surface area contributed by atoms with Crippen molar-refractivity contribution >= 4 is 89.2 Å². The minimum atomic E-state index is -1.04. The first-order valence-corrected chi connectivity index (χ1v) is 27.7. The van der Waals surface area contributed by atoms with Crippen LogP contribution in [0.4, 0.5) is 0 Å². The van der Waals surface area contributed by atoms with Gasteiger partial charge in [-0.1, -0.05) is 59.1 Å². The monoisotopic (exact) mass is 1120 g/mol. The van der Waals surface area contributed by atoms with Crippen molar-refractivity contribution in [1.29, 1.82) is 0 Å². The Morgan fingerprint density at radius 2 is 0.785 bits per heavy atom. The van der Waals surface area contributed by atoms with Crippen LogP contribution in [0.2, 0.25) is 5.82 Å². The molecule has 0 aliphatic heterocycles. The number of imidazole rings is 6. The minimum absolute atomic E-state index is 0.00455. The van der Waals surface area contributed by atoms with Crippen LogP contribution in [0.3, 0.4) is 0 Å². The van der Waals surface area contributed by atoms with Gasteiger partial charge in [0.1, 0.15) is 0 Å². The molecule has 3 saturated carbocycles. The Morgan fingerprint density at radius 3 is 1.20 bits per heavy atom. The lowest BCUT2D eigenvalue weighted by Crippen LogP contribution is -2.19. The summed E-state index contributed by atoms with van der Waals surface area (Å²) in [5.41, 5.74) is 18.6. The zero-order valence-corrected chi connectivity index (χ0v) is 46.7. The molecule has 402 valence electrons. The number of aromatic nitrogens is 12. The molecule has 17 nitrogen and oxygen atoms in total. The van der Waals surface area contributed by atoms with Crippen LogP contribution in [-0.4, -0.2) is 73.2 Å². The minimum Gasteiger partial charge on any atom is -0.427 e. The number of aryl methyl sites for hydroxylation is 6. The van der Waals surface area contributed by atoms with Crippen LogP contribution < -0.4 is 17.1 Å². The van der Waals surface area contributed by atoms with Gasteiger partial charge >= 0.3 is 24.2 Å². The molecule has 6 aromatic heterocycles. The molecule has 19 heteroatoms. The van der Waals surface area contributed by atoms with Gasteiger partial charge < -0.3 is 23.7 Å². The highest BCUT2D eigenvalue weighted by Crippen LogP contribution is 2.42. The smallest absolute Gasteiger partial charge is 0.427 e. The second-order valence-corrected chi connectivity index (χ2v) is 22.6. The van der Waals surface area contributed by atoms with Gasteiger partial charge in [0.15, 0.2) is 0 Å². The largest absolute Gasteiger partial charge is 0.454 e. The van der Waals surface area contributed by atoms with Crippen molar-refractivity contribution in [2.24, 2.45) is 42.3 Å². The lowest BCUT2D eigenvalue weighted by molar-refractivity contribution is 0.403. The molecule has 0 atom stereocenters. The molecule has 12 aromatic rings. The Bertz CT molecular complexity index is 4490. The summed E-state index contributed by atoms with van der Waals surface area (Å²) in [7, 11) is 9.83. The highest BCUT2D eigenvalue weighted by atomic mass is 79.9. The second-order valence-electron chi connectivity index (χ2n) is 21.7. The van der Waals surface area contributed by atoms with Gasteiger partial charge in [-0.15, -0.1) is 0 Å². The molecule has 3 aliphatic carbocycles. The molecule has 0 radical (unpaired) electrons. The van der Waals surface area contributed by atoms with Gasteiger partial charge in [0.25, 0.3) is 0 Å². The van der Waals surface area contributed by atoms with Gasteiger partial charge in [-0.05, 0) is 150 Å². The summed E-state index contributed by atoms with van der Waals surface area (Å²) in [4.78, 5) is 49.8. The van der Waals surface area contributed by atoms with Crippen molar-refractivity contribution in [3.8, 4) is 0 Å². The highest BCUT2D eigenvalue weighted by molar-refractivity contribution is 9.10. The van der Waals surface area contributed by atoms with Crippen molar-refractivity contribution in [2.75, 3.05) is 0 Å². The van der Waals surface area contributed by atoms with Gasteiger partial charge in [0, 0.05) is 66.4 Å². The molecule has 0 spiro atoms. The fraction of sp³-hybridized carbons (Fsp3) is 0.300. The molecule has 15 rings (SSSR count). The van der Waals surface area contributed by atoms with E-state index in [2.05, 4.69) is 123 Å². The van der Waals surface area contributed by atoms with Crippen molar-refractivity contribution in [2.45, 2.75) is 75.8 Å². The number of nitrogens with zero attached hydrogens (tertiary/aromatic N) is 12.